The molecule has 1 heterocycles. The van der Waals surface area contributed by atoms with Crippen molar-refractivity contribution in [2.45, 2.75) is 0 Å². The Balaban J connectivity index is 1.28. The maximum absolute atomic E-state index is 6.71. The second-order valence-corrected chi connectivity index (χ2v) is 11.0. The average molecular weight is 564 g/mol. The van der Waals surface area contributed by atoms with E-state index < -0.39 is 0 Å². The second kappa shape index (κ2) is 11.1. The predicted molar refractivity (Wildman–Crippen MR) is 185 cm³/mol. The number of nitrogens with zero attached hydrogens (tertiary/aromatic N) is 1. The van der Waals surface area contributed by atoms with Gasteiger partial charge in [0.1, 0.15) is 5.58 Å². The van der Waals surface area contributed by atoms with Crippen LogP contribution in [0.15, 0.2) is 180 Å². The van der Waals surface area contributed by atoms with Crippen molar-refractivity contribution in [1.29, 1.82) is 0 Å². The molecule has 2 nitrogen and oxygen atoms in total. The monoisotopic (exact) mass is 563 g/mol. The Bertz CT molecular complexity index is 2100. The summed E-state index contributed by atoms with van der Waals surface area (Å²) in [5.41, 5.74) is 12.0. The highest BCUT2D eigenvalue weighted by molar-refractivity contribution is 6.11. The van der Waals surface area contributed by atoms with Crippen LogP contribution in [0.1, 0.15) is 0 Å². The quantitative estimate of drug-likeness (QED) is 0.200. The fraction of sp³-hybridized carbons (Fsp3) is 0. The van der Waals surface area contributed by atoms with Crippen molar-refractivity contribution in [3.05, 3.63) is 176 Å². The molecule has 0 fully saturated rings. The highest BCUT2D eigenvalue weighted by atomic mass is 16.3. The Hall–Kier alpha value is -5.86. The molecule has 208 valence electrons. The molecule has 0 spiro atoms. The van der Waals surface area contributed by atoms with Crippen molar-refractivity contribution in [2.24, 2.45) is 0 Å². The molecule has 0 bridgehead atoms. The Morgan fingerprint density at radius 3 is 1.32 bits per heavy atom. The summed E-state index contributed by atoms with van der Waals surface area (Å²) in [6, 6.07) is 62.0. The largest absolute Gasteiger partial charge is 0.454 e. The van der Waals surface area contributed by atoms with E-state index in [0.717, 1.165) is 44.6 Å². The summed E-state index contributed by atoms with van der Waals surface area (Å²) in [6.45, 7) is 0. The minimum Gasteiger partial charge on any atom is -0.454 e. The van der Waals surface area contributed by atoms with Gasteiger partial charge in [-0.3, -0.25) is 0 Å². The summed E-state index contributed by atoms with van der Waals surface area (Å²) < 4.78 is 6.71. The van der Waals surface area contributed by atoms with Crippen LogP contribution in [0.5, 0.6) is 0 Å². The van der Waals surface area contributed by atoms with Gasteiger partial charge in [0.15, 0.2) is 5.58 Å². The van der Waals surface area contributed by atoms with Crippen molar-refractivity contribution in [1.82, 2.24) is 0 Å². The molecule has 8 aromatic rings. The van der Waals surface area contributed by atoms with E-state index >= 15 is 0 Å². The first kappa shape index (κ1) is 25.8. The van der Waals surface area contributed by atoms with Crippen molar-refractivity contribution >= 4 is 39.0 Å². The van der Waals surface area contributed by atoms with Gasteiger partial charge in [-0.05, 0) is 75.8 Å². The highest BCUT2D eigenvalue weighted by Gasteiger charge is 2.20. The van der Waals surface area contributed by atoms with E-state index in [-0.39, 0.29) is 0 Å². The SMILES string of the molecule is c1ccc(-c2ccc(N(c3ccc(-c4ccccc4)cc3)c3cccc4c3oc3cc(-c5ccccc5)ccc34)cc2)cc1. The molecule has 0 N–H and O–H groups in total. The first-order chi connectivity index (χ1) is 21.8. The third-order valence-electron chi connectivity index (χ3n) is 8.29. The summed E-state index contributed by atoms with van der Waals surface area (Å²) in [6.07, 6.45) is 0. The van der Waals surface area contributed by atoms with Crippen LogP contribution in [0.2, 0.25) is 0 Å². The van der Waals surface area contributed by atoms with Gasteiger partial charge in [-0.1, -0.05) is 133 Å². The molecule has 8 rings (SSSR count). The van der Waals surface area contributed by atoms with Gasteiger partial charge in [-0.2, -0.15) is 0 Å². The number of hydrogen-bond donors (Lipinski definition) is 0. The summed E-state index contributed by atoms with van der Waals surface area (Å²) in [4.78, 5) is 2.30. The first-order valence-electron chi connectivity index (χ1n) is 14.9. The lowest BCUT2D eigenvalue weighted by Gasteiger charge is -2.26. The fourth-order valence-corrected chi connectivity index (χ4v) is 6.06. The molecule has 0 aliphatic carbocycles. The molecule has 7 aromatic carbocycles. The van der Waals surface area contributed by atoms with Crippen LogP contribution in [0.4, 0.5) is 17.1 Å². The van der Waals surface area contributed by atoms with E-state index in [1.54, 1.807) is 0 Å². The molecule has 0 atom stereocenters. The molecule has 0 amide bonds. The van der Waals surface area contributed by atoms with Crippen LogP contribution >= 0.6 is 0 Å². The molecule has 0 saturated carbocycles. The Morgan fingerprint density at radius 1 is 0.341 bits per heavy atom. The van der Waals surface area contributed by atoms with Gasteiger partial charge in [0.05, 0.1) is 5.69 Å². The van der Waals surface area contributed by atoms with Gasteiger partial charge in [-0.25, -0.2) is 0 Å². The molecule has 0 saturated heterocycles. The molecular weight excluding hydrogens is 534 g/mol. The first-order valence-corrected chi connectivity index (χ1v) is 14.9. The van der Waals surface area contributed by atoms with Crippen LogP contribution in [-0.2, 0) is 0 Å². The minimum absolute atomic E-state index is 0.868. The molecule has 0 aliphatic heterocycles. The number of fused-ring (bicyclic) bond motifs is 3. The predicted octanol–water partition coefficient (Wildman–Crippen LogP) is 12.1. The lowest BCUT2D eigenvalue weighted by atomic mass is 10.0. The van der Waals surface area contributed by atoms with Crippen molar-refractivity contribution in [3.8, 4) is 33.4 Å². The second-order valence-electron chi connectivity index (χ2n) is 11.0. The number of anilines is 3. The van der Waals surface area contributed by atoms with Gasteiger partial charge < -0.3 is 9.32 Å². The standard InChI is InChI=1S/C42H29NO/c1-4-11-30(12-5-1)33-19-24-36(25-20-33)43(37-26-21-34(22-27-37)31-13-6-2-7-14-31)40-18-10-17-39-38-28-23-35(29-41(38)44-42(39)40)32-15-8-3-9-16-32/h1-29H. The Morgan fingerprint density at radius 2 is 0.795 bits per heavy atom. The number of furan rings is 1. The molecule has 0 radical (unpaired) electrons. The number of rotatable bonds is 6. The van der Waals surface area contributed by atoms with Crippen molar-refractivity contribution in [2.75, 3.05) is 4.90 Å². The van der Waals surface area contributed by atoms with Crippen LogP contribution in [-0.4, -0.2) is 0 Å². The van der Waals surface area contributed by atoms with Gasteiger partial charge >= 0.3 is 0 Å². The normalized spacial score (nSPS) is 11.2. The summed E-state index contributed by atoms with van der Waals surface area (Å²) >= 11 is 0. The van der Waals surface area contributed by atoms with Crippen molar-refractivity contribution < 1.29 is 4.42 Å². The summed E-state index contributed by atoms with van der Waals surface area (Å²) in [5.74, 6) is 0. The van der Waals surface area contributed by atoms with E-state index in [1.165, 1.54) is 27.8 Å². The van der Waals surface area contributed by atoms with Crippen LogP contribution in [0.25, 0.3) is 55.3 Å². The maximum atomic E-state index is 6.71. The van der Waals surface area contributed by atoms with E-state index in [2.05, 4.69) is 175 Å². The van der Waals surface area contributed by atoms with Crippen LogP contribution in [0, 0.1) is 0 Å². The zero-order valence-corrected chi connectivity index (χ0v) is 24.1. The molecule has 2 heteroatoms. The van der Waals surface area contributed by atoms with Gasteiger partial charge in [0, 0.05) is 22.1 Å². The van der Waals surface area contributed by atoms with Crippen LogP contribution < -0.4 is 4.90 Å². The summed E-state index contributed by atoms with van der Waals surface area (Å²) in [5, 5.41) is 2.21. The van der Waals surface area contributed by atoms with E-state index in [1.807, 2.05) is 6.07 Å². The van der Waals surface area contributed by atoms with Gasteiger partial charge in [0.25, 0.3) is 0 Å². The summed E-state index contributed by atoms with van der Waals surface area (Å²) in [7, 11) is 0. The van der Waals surface area contributed by atoms with E-state index in [0.29, 0.717) is 0 Å². The van der Waals surface area contributed by atoms with Gasteiger partial charge in [0.2, 0.25) is 0 Å². The third-order valence-corrected chi connectivity index (χ3v) is 8.29. The maximum Gasteiger partial charge on any atom is 0.159 e. The lowest BCUT2D eigenvalue weighted by Crippen LogP contribution is -2.10. The zero-order valence-electron chi connectivity index (χ0n) is 24.1. The minimum atomic E-state index is 0.868. The highest BCUT2D eigenvalue weighted by Crippen LogP contribution is 2.43. The number of benzene rings is 7. The van der Waals surface area contributed by atoms with Crippen molar-refractivity contribution in [3.63, 3.8) is 0 Å². The average Bonchev–Trinajstić information content (AvgIpc) is 3.49. The number of para-hydroxylation sites is 1. The smallest absolute Gasteiger partial charge is 0.159 e. The number of hydrogen-bond acceptors (Lipinski definition) is 2. The molecule has 44 heavy (non-hydrogen) atoms. The van der Waals surface area contributed by atoms with Gasteiger partial charge in [-0.15, -0.1) is 0 Å². The van der Waals surface area contributed by atoms with E-state index in [4.69, 9.17) is 4.42 Å². The third kappa shape index (κ3) is 4.73. The molecule has 1 aromatic heterocycles. The van der Waals surface area contributed by atoms with E-state index in [9.17, 15) is 0 Å². The topological polar surface area (TPSA) is 16.4 Å². The molecule has 0 unspecified atom stereocenters. The van der Waals surface area contributed by atoms with Crippen LogP contribution in [0.3, 0.4) is 0 Å². The molecular formula is C42H29NO. The lowest BCUT2D eigenvalue weighted by molar-refractivity contribution is 0.669. The fourth-order valence-electron chi connectivity index (χ4n) is 6.06. The Kier molecular flexibility index (Phi) is 6.51. The zero-order chi connectivity index (χ0) is 29.3. The molecule has 0 aliphatic rings. The Labute approximate surface area is 257 Å².